The van der Waals surface area contributed by atoms with Crippen molar-refractivity contribution in [3.8, 4) is 0 Å². The molecule has 4 rings (SSSR count). The third kappa shape index (κ3) is 3.95. The molecule has 2 fully saturated rings. The number of aromatic nitrogens is 1. The zero-order valence-electron chi connectivity index (χ0n) is 16.5. The first-order valence-electron chi connectivity index (χ1n) is 10.0. The zero-order valence-corrected chi connectivity index (χ0v) is 17.2. The number of halogens is 1. The summed E-state index contributed by atoms with van der Waals surface area (Å²) in [5.41, 5.74) is 3.85. The SMILES string of the molecule is C=C1COC(c2ncccc2CCc2cccc(Cl)c2)(C2CCN(C)CC2)N1. The number of benzene rings is 1. The van der Waals surface area contributed by atoms with Crippen molar-refractivity contribution in [3.05, 3.63) is 76.7 Å². The Morgan fingerprint density at radius 2 is 2.07 bits per heavy atom. The van der Waals surface area contributed by atoms with Gasteiger partial charge in [0.15, 0.2) is 5.72 Å². The maximum atomic E-state index is 6.41. The highest BCUT2D eigenvalue weighted by Gasteiger charge is 2.48. The fourth-order valence-electron chi connectivity index (χ4n) is 4.44. The monoisotopic (exact) mass is 397 g/mol. The lowest BCUT2D eigenvalue weighted by Gasteiger charge is -2.41. The lowest BCUT2D eigenvalue weighted by Crippen LogP contribution is -2.50. The molecule has 0 aliphatic carbocycles. The molecule has 0 saturated carbocycles. The highest BCUT2D eigenvalue weighted by molar-refractivity contribution is 6.30. The van der Waals surface area contributed by atoms with E-state index in [2.05, 4.69) is 36.0 Å². The molecule has 0 radical (unpaired) electrons. The predicted molar refractivity (Wildman–Crippen MR) is 113 cm³/mol. The van der Waals surface area contributed by atoms with Crippen LogP contribution in [0.15, 0.2) is 54.9 Å². The highest BCUT2D eigenvalue weighted by atomic mass is 35.5. The molecule has 4 nitrogen and oxygen atoms in total. The molecule has 3 heterocycles. The van der Waals surface area contributed by atoms with Gasteiger partial charge in [-0.1, -0.05) is 36.4 Å². The Bertz CT molecular complexity index is 847. The van der Waals surface area contributed by atoms with Gasteiger partial charge in [-0.2, -0.15) is 0 Å². The van der Waals surface area contributed by atoms with E-state index in [1.54, 1.807) is 0 Å². The number of nitrogens with zero attached hydrogens (tertiary/aromatic N) is 2. The molecule has 2 aliphatic heterocycles. The van der Waals surface area contributed by atoms with Crippen molar-refractivity contribution < 1.29 is 4.74 Å². The molecule has 1 unspecified atom stereocenters. The number of rotatable bonds is 5. The third-order valence-corrected chi connectivity index (χ3v) is 6.18. The molecule has 0 bridgehead atoms. The Morgan fingerprint density at radius 1 is 1.25 bits per heavy atom. The van der Waals surface area contributed by atoms with E-state index in [9.17, 15) is 0 Å². The molecule has 0 amide bonds. The molecular formula is C23H28ClN3O. The average molecular weight is 398 g/mol. The normalized spacial score (nSPS) is 23.7. The number of pyridine rings is 1. The molecule has 1 aromatic carbocycles. The summed E-state index contributed by atoms with van der Waals surface area (Å²) < 4.78 is 6.41. The Hall–Kier alpha value is -1.88. The van der Waals surface area contributed by atoms with Gasteiger partial charge in [0.2, 0.25) is 0 Å². The summed E-state index contributed by atoms with van der Waals surface area (Å²) in [6.45, 7) is 6.82. The second-order valence-electron chi connectivity index (χ2n) is 7.97. The van der Waals surface area contributed by atoms with Crippen molar-refractivity contribution >= 4 is 11.6 Å². The quantitative estimate of drug-likeness (QED) is 0.822. The van der Waals surface area contributed by atoms with E-state index < -0.39 is 5.72 Å². The van der Waals surface area contributed by atoms with Gasteiger partial charge in [0, 0.05) is 22.8 Å². The summed E-state index contributed by atoms with van der Waals surface area (Å²) in [6.07, 6.45) is 5.86. The van der Waals surface area contributed by atoms with Crippen LogP contribution in [-0.2, 0) is 23.3 Å². The summed E-state index contributed by atoms with van der Waals surface area (Å²) in [7, 11) is 2.18. The fourth-order valence-corrected chi connectivity index (χ4v) is 4.65. The van der Waals surface area contributed by atoms with Gasteiger partial charge in [0.1, 0.15) is 0 Å². The molecular weight excluding hydrogens is 370 g/mol. The predicted octanol–water partition coefficient (Wildman–Crippen LogP) is 4.15. The number of nitrogens with one attached hydrogen (secondary N) is 1. The van der Waals surface area contributed by atoms with Gasteiger partial charge in [-0.3, -0.25) is 4.98 Å². The van der Waals surface area contributed by atoms with E-state index >= 15 is 0 Å². The summed E-state index contributed by atoms with van der Waals surface area (Å²) in [4.78, 5) is 7.20. The van der Waals surface area contributed by atoms with Crippen LogP contribution in [-0.4, -0.2) is 36.6 Å². The second-order valence-corrected chi connectivity index (χ2v) is 8.41. The minimum absolute atomic E-state index is 0.378. The summed E-state index contributed by atoms with van der Waals surface area (Å²) in [5, 5.41) is 4.38. The molecule has 1 atom stereocenters. The van der Waals surface area contributed by atoms with E-state index in [4.69, 9.17) is 21.3 Å². The van der Waals surface area contributed by atoms with Crippen LogP contribution in [0, 0.1) is 5.92 Å². The molecule has 28 heavy (non-hydrogen) atoms. The number of hydrogen-bond donors (Lipinski definition) is 1. The molecule has 148 valence electrons. The van der Waals surface area contributed by atoms with Crippen molar-refractivity contribution in [2.45, 2.75) is 31.4 Å². The standard InChI is InChI=1S/C23H28ClN3O/c1-17-16-28-23(26-17,20-10-13-27(2)14-11-20)22-19(6-4-12-25-22)9-8-18-5-3-7-21(24)15-18/h3-7,12,15,20,26H,1,8-11,13-14,16H2,2H3. The van der Waals surface area contributed by atoms with Crippen molar-refractivity contribution in [3.63, 3.8) is 0 Å². The first kappa shape index (κ1) is 19.4. The third-order valence-electron chi connectivity index (χ3n) is 5.95. The van der Waals surface area contributed by atoms with Crippen LogP contribution in [0.25, 0.3) is 0 Å². The zero-order chi connectivity index (χ0) is 19.6. The minimum atomic E-state index is -0.566. The van der Waals surface area contributed by atoms with Gasteiger partial charge in [-0.05, 0) is 75.1 Å². The smallest absolute Gasteiger partial charge is 0.185 e. The van der Waals surface area contributed by atoms with E-state index in [0.717, 1.165) is 55.2 Å². The van der Waals surface area contributed by atoms with Crippen molar-refractivity contribution in [1.29, 1.82) is 0 Å². The Balaban J connectivity index is 1.63. The van der Waals surface area contributed by atoms with Crippen LogP contribution in [0.1, 0.15) is 29.7 Å². The van der Waals surface area contributed by atoms with Gasteiger partial charge >= 0.3 is 0 Å². The molecule has 2 aliphatic rings. The first-order valence-corrected chi connectivity index (χ1v) is 10.4. The van der Waals surface area contributed by atoms with Crippen molar-refractivity contribution in [2.24, 2.45) is 5.92 Å². The van der Waals surface area contributed by atoms with Crippen LogP contribution in [0.5, 0.6) is 0 Å². The average Bonchev–Trinajstić information content (AvgIpc) is 3.10. The van der Waals surface area contributed by atoms with Crippen LogP contribution >= 0.6 is 11.6 Å². The second kappa shape index (κ2) is 8.24. The largest absolute Gasteiger partial charge is 0.354 e. The van der Waals surface area contributed by atoms with Crippen LogP contribution in [0.4, 0.5) is 0 Å². The van der Waals surface area contributed by atoms with Gasteiger partial charge in [-0.15, -0.1) is 0 Å². The number of ether oxygens (including phenoxy) is 1. The summed E-state index contributed by atoms with van der Waals surface area (Å²) >= 11 is 6.16. The molecule has 0 spiro atoms. The maximum absolute atomic E-state index is 6.41. The minimum Gasteiger partial charge on any atom is -0.354 e. The molecule has 1 aromatic heterocycles. The Kier molecular flexibility index (Phi) is 5.72. The topological polar surface area (TPSA) is 37.4 Å². The summed E-state index contributed by atoms with van der Waals surface area (Å²) in [5.74, 6) is 0.378. The lowest BCUT2D eigenvalue weighted by atomic mass is 9.82. The van der Waals surface area contributed by atoms with E-state index in [-0.39, 0.29) is 0 Å². The molecule has 1 N–H and O–H groups in total. The van der Waals surface area contributed by atoms with Crippen LogP contribution < -0.4 is 5.32 Å². The number of likely N-dealkylation sites (tertiary alicyclic amines) is 1. The Labute approximate surface area is 172 Å². The van der Waals surface area contributed by atoms with Gasteiger partial charge < -0.3 is 15.0 Å². The number of aryl methyl sites for hydroxylation is 2. The van der Waals surface area contributed by atoms with E-state index in [0.29, 0.717) is 12.5 Å². The molecule has 2 saturated heterocycles. The maximum Gasteiger partial charge on any atom is 0.185 e. The van der Waals surface area contributed by atoms with Crippen LogP contribution in [0.3, 0.4) is 0 Å². The lowest BCUT2D eigenvalue weighted by molar-refractivity contribution is -0.0848. The number of piperidine rings is 1. The number of hydrogen-bond acceptors (Lipinski definition) is 4. The van der Waals surface area contributed by atoms with Crippen molar-refractivity contribution in [2.75, 3.05) is 26.7 Å². The first-order chi connectivity index (χ1) is 13.6. The fraction of sp³-hybridized carbons (Fsp3) is 0.435. The highest BCUT2D eigenvalue weighted by Crippen LogP contribution is 2.42. The molecule has 5 heteroatoms. The van der Waals surface area contributed by atoms with E-state index in [1.807, 2.05) is 30.5 Å². The van der Waals surface area contributed by atoms with Gasteiger partial charge in [-0.25, -0.2) is 0 Å². The van der Waals surface area contributed by atoms with Crippen LogP contribution in [0.2, 0.25) is 5.02 Å². The van der Waals surface area contributed by atoms with Gasteiger partial charge in [0.25, 0.3) is 0 Å². The van der Waals surface area contributed by atoms with Crippen molar-refractivity contribution in [1.82, 2.24) is 15.2 Å². The van der Waals surface area contributed by atoms with Gasteiger partial charge in [0.05, 0.1) is 12.3 Å². The Morgan fingerprint density at radius 3 is 2.79 bits per heavy atom. The molecule has 2 aromatic rings. The van der Waals surface area contributed by atoms with E-state index in [1.165, 1.54) is 11.1 Å². The summed E-state index contributed by atoms with van der Waals surface area (Å²) in [6, 6.07) is 12.3.